The van der Waals surface area contributed by atoms with Gasteiger partial charge >= 0.3 is 7.82 Å². The molecule has 4 atom stereocenters. The van der Waals surface area contributed by atoms with Gasteiger partial charge in [-0.05, 0) is 0 Å². The Kier molecular flexibility index (Phi) is 6.23. The second-order valence-corrected chi connectivity index (χ2v) is 4.20. The first-order valence-electron chi connectivity index (χ1n) is 4.06. The van der Waals surface area contributed by atoms with Gasteiger partial charge in [-0.1, -0.05) is 0 Å². The van der Waals surface area contributed by atoms with Crippen LogP contribution in [0.15, 0.2) is 0 Å². The van der Waals surface area contributed by atoms with Crippen molar-refractivity contribution in [3.63, 3.8) is 0 Å². The molecule has 9 nitrogen and oxygen atoms in total. The van der Waals surface area contributed by atoms with Gasteiger partial charge in [0.25, 0.3) is 0 Å². The van der Waals surface area contributed by atoms with Gasteiger partial charge in [0, 0.05) is 0 Å². The third-order valence-corrected chi connectivity index (χ3v) is 2.13. The van der Waals surface area contributed by atoms with Crippen LogP contribution >= 0.6 is 7.82 Å². The van der Waals surface area contributed by atoms with Gasteiger partial charge in [0.2, 0.25) is 0 Å². The molecule has 0 aliphatic rings. The Bertz CT molecular complexity index is 263. The standard InChI is InChI=1S/C6H13O9P/c7-1-3(8)5(10)6(11)4(9)2-15-16(12,13)14/h1,3-6,8-11H,2H2,(H2,12,13,14)/t3-,4+,5-,6+/m1/s1. The van der Waals surface area contributed by atoms with E-state index in [1.165, 1.54) is 0 Å². The molecule has 0 spiro atoms. The zero-order valence-corrected chi connectivity index (χ0v) is 8.84. The normalized spacial score (nSPS) is 19.9. The Balaban J connectivity index is 4.22. The van der Waals surface area contributed by atoms with E-state index in [9.17, 15) is 9.36 Å². The van der Waals surface area contributed by atoms with Crippen LogP contribution in [0.4, 0.5) is 0 Å². The molecule has 0 aliphatic heterocycles. The van der Waals surface area contributed by atoms with Gasteiger partial charge in [0.15, 0.2) is 6.29 Å². The number of aliphatic hydroxyl groups is 4. The molecule has 0 aromatic heterocycles. The molecule has 96 valence electrons. The van der Waals surface area contributed by atoms with Gasteiger partial charge in [0.05, 0.1) is 6.61 Å². The Morgan fingerprint density at radius 1 is 1.12 bits per heavy atom. The number of hydrogen-bond acceptors (Lipinski definition) is 7. The van der Waals surface area contributed by atoms with Crippen LogP contribution in [0.1, 0.15) is 0 Å². The summed E-state index contributed by atoms with van der Waals surface area (Å²) in [6.07, 6.45) is -7.80. The zero-order valence-electron chi connectivity index (χ0n) is 7.95. The largest absolute Gasteiger partial charge is 0.469 e. The highest BCUT2D eigenvalue weighted by molar-refractivity contribution is 7.46. The Labute approximate surface area is 90.2 Å². The van der Waals surface area contributed by atoms with Gasteiger partial charge in [-0.2, -0.15) is 0 Å². The summed E-state index contributed by atoms with van der Waals surface area (Å²) in [7, 11) is -4.80. The summed E-state index contributed by atoms with van der Waals surface area (Å²) in [6.45, 7) is -0.964. The van der Waals surface area contributed by atoms with Crippen molar-refractivity contribution >= 4 is 14.1 Å². The van der Waals surface area contributed by atoms with E-state index in [4.69, 9.17) is 30.2 Å². The number of phosphoric ester groups is 1. The minimum Gasteiger partial charge on any atom is -0.388 e. The molecular weight excluding hydrogens is 247 g/mol. The molecule has 6 N–H and O–H groups in total. The van der Waals surface area contributed by atoms with Crippen molar-refractivity contribution in [2.45, 2.75) is 24.4 Å². The van der Waals surface area contributed by atoms with Crippen molar-refractivity contribution in [2.75, 3.05) is 6.61 Å². The average Bonchev–Trinajstić information content (AvgIpc) is 2.21. The second kappa shape index (κ2) is 6.38. The summed E-state index contributed by atoms with van der Waals surface area (Å²) in [5.41, 5.74) is 0. The monoisotopic (exact) mass is 260 g/mol. The number of aliphatic hydroxyl groups excluding tert-OH is 4. The van der Waals surface area contributed by atoms with Crippen LogP contribution in [-0.2, 0) is 13.9 Å². The first-order chi connectivity index (χ1) is 7.19. The average molecular weight is 260 g/mol. The van der Waals surface area contributed by atoms with Crippen molar-refractivity contribution in [2.24, 2.45) is 0 Å². The molecule has 0 aromatic rings. The van der Waals surface area contributed by atoms with Gasteiger partial charge in [-0.3, -0.25) is 4.52 Å². The van der Waals surface area contributed by atoms with Crippen LogP contribution in [0.3, 0.4) is 0 Å². The molecular formula is C6H13O9P. The summed E-state index contributed by atoms with van der Waals surface area (Å²) in [5, 5.41) is 36.1. The number of hydrogen-bond donors (Lipinski definition) is 6. The molecule has 16 heavy (non-hydrogen) atoms. The number of carbonyl (C=O) groups excluding carboxylic acids is 1. The Hall–Kier alpha value is -0.380. The molecule has 10 heteroatoms. The lowest BCUT2D eigenvalue weighted by atomic mass is 10.0. The fourth-order valence-electron chi connectivity index (χ4n) is 0.782. The quantitative estimate of drug-likeness (QED) is 0.203. The SMILES string of the molecule is O=C[C@@H](O)[C@@H](O)[C@@H](O)[C@@H](O)COP(=O)(O)O. The van der Waals surface area contributed by atoms with Gasteiger partial charge in [-0.15, -0.1) is 0 Å². The number of rotatable bonds is 7. The molecule has 0 rings (SSSR count). The smallest absolute Gasteiger partial charge is 0.388 e. The molecule has 0 heterocycles. The first-order valence-corrected chi connectivity index (χ1v) is 5.59. The fourth-order valence-corrected chi connectivity index (χ4v) is 1.13. The number of phosphoric acid groups is 1. The summed E-state index contributed by atoms with van der Waals surface area (Å²) >= 11 is 0. The van der Waals surface area contributed by atoms with Crippen molar-refractivity contribution in [1.29, 1.82) is 0 Å². The van der Waals surface area contributed by atoms with Crippen LogP contribution in [0.5, 0.6) is 0 Å². The maximum Gasteiger partial charge on any atom is 0.469 e. The van der Waals surface area contributed by atoms with Gasteiger partial charge in [-0.25, -0.2) is 4.57 Å². The summed E-state index contributed by atoms with van der Waals surface area (Å²) in [4.78, 5) is 26.6. The predicted octanol–water partition coefficient (Wildman–Crippen LogP) is -3.26. The molecule has 0 saturated carbocycles. The molecule has 0 fully saturated rings. The second-order valence-electron chi connectivity index (χ2n) is 2.96. The third kappa shape index (κ3) is 5.64. The highest BCUT2D eigenvalue weighted by Gasteiger charge is 2.31. The van der Waals surface area contributed by atoms with Crippen LogP contribution in [0.2, 0.25) is 0 Å². The third-order valence-electron chi connectivity index (χ3n) is 1.65. The van der Waals surface area contributed by atoms with Gasteiger partial charge in [0.1, 0.15) is 24.4 Å². The van der Waals surface area contributed by atoms with E-state index < -0.39 is 38.8 Å². The summed E-state index contributed by atoms with van der Waals surface area (Å²) in [5.74, 6) is 0. The van der Waals surface area contributed by atoms with E-state index in [0.717, 1.165) is 0 Å². The minimum atomic E-state index is -4.80. The van der Waals surface area contributed by atoms with Crippen molar-refractivity contribution < 1.29 is 44.1 Å². The van der Waals surface area contributed by atoms with Crippen LogP contribution in [-0.4, -0.2) is 67.5 Å². The lowest BCUT2D eigenvalue weighted by Gasteiger charge is -2.23. The van der Waals surface area contributed by atoms with E-state index in [0.29, 0.717) is 0 Å². The van der Waals surface area contributed by atoms with Crippen LogP contribution < -0.4 is 0 Å². The van der Waals surface area contributed by atoms with Crippen LogP contribution in [0.25, 0.3) is 0 Å². The minimum absolute atomic E-state index is 0.0650. The number of aldehydes is 1. The molecule has 0 unspecified atom stereocenters. The molecule has 0 radical (unpaired) electrons. The lowest BCUT2D eigenvalue weighted by molar-refractivity contribution is -0.136. The summed E-state index contributed by atoms with van der Waals surface area (Å²) in [6, 6.07) is 0. The van der Waals surface area contributed by atoms with Gasteiger partial charge < -0.3 is 35.0 Å². The van der Waals surface area contributed by atoms with Crippen molar-refractivity contribution in [3.05, 3.63) is 0 Å². The highest BCUT2D eigenvalue weighted by atomic mass is 31.2. The molecule has 0 aliphatic carbocycles. The lowest BCUT2D eigenvalue weighted by Crippen LogP contribution is -2.46. The topological polar surface area (TPSA) is 165 Å². The maximum atomic E-state index is 10.2. The van der Waals surface area contributed by atoms with E-state index in [1.807, 2.05) is 0 Å². The van der Waals surface area contributed by atoms with E-state index in [1.54, 1.807) is 0 Å². The van der Waals surface area contributed by atoms with Crippen molar-refractivity contribution in [1.82, 2.24) is 0 Å². The van der Waals surface area contributed by atoms with Crippen molar-refractivity contribution in [3.8, 4) is 0 Å². The zero-order chi connectivity index (χ0) is 12.9. The van der Waals surface area contributed by atoms with E-state index in [-0.39, 0.29) is 6.29 Å². The molecule has 0 aromatic carbocycles. The Morgan fingerprint density at radius 3 is 2.00 bits per heavy atom. The highest BCUT2D eigenvalue weighted by Crippen LogP contribution is 2.35. The molecule has 0 saturated heterocycles. The number of carbonyl (C=O) groups is 1. The maximum absolute atomic E-state index is 10.2. The predicted molar refractivity (Wildman–Crippen MR) is 48.1 cm³/mol. The Morgan fingerprint density at radius 2 is 1.62 bits per heavy atom. The molecule has 0 amide bonds. The first kappa shape index (κ1) is 15.6. The van der Waals surface area contributed by atoms with E-state index in [2.05, 4.69) is 4.52 Å². The van der Waals surface area contributed by atoms with Crippen LogP contribution in [0, 0.1) is 0 Å². The molecule has 0 bridgehead atoms. The summed E-state index contributed by atoms with van der Waals surface area (Å²) < 4.78 is 14.1. The fraction of sp³-hybridized carbons (Fsp3) is 0.833. The van der Waals surface area contributed by atoms with E-state index >= 15 is 0 Å².